The van der Waals surface area contributed by atoms with Crippen LogP contribution in [0.4, 0.5) is 0 Å². The van der Waals surface area contributed by atoms with Gasteiger partial charge in [0.15, 0.2) is 0 Å². The standard InChI is InChI=1S/C12H18N2O5S2/c1-19-10-2-5-14(6-3-10)21(17,18)13-8-9-4-7-20-11(9)12(15)16/h4,7,10,13H,2-3,5-6,8H2,1H3,(H,15,16). The third-order valence-electron chi connectivity index (χ3n) is 3.46. The van der Waals surface area contributed by atoms with Gasteiger partial charge in [0.1, 0.15) is 4.88 Å². The van der Waals surface area contributed by atoms with Gasteiger partial charge in [-0.25, -0.2) is 4.79 Å². The van der Waals surface area contributed by atoms with Crippen LogP contribution in [-0.4, -0.2) is 50.1 Å². The molecule has 0 atom stereocenters. The van der Waals surface area contributed by atoms with E-state index in [1.807, 2.05) is 0 Å². The molecule has 0 amide bonds. The van der Waals surface area contributed by atoms with Crippen molar-refractivity contribution in [3.63, 3.8) is 0 Å². The highest BCUT2D eigenvalue weighted by molar-refractivity contribution is 7.87. The molecule has 21 heavy (non-hydrogen) atoms. The summed E-state index contributed by atoms with van der Waals surface area (Å²) in [7, 11) is -1.97. The Morgan fingerprint density at radius 3 is 2.76 bits per heavy atom. The Hall–Kier alpha value is -1.00. The summed E-state index contributed by atoms with van der Waals surface area (Å²) in [5.41, 5.74) is 0.475. The summed E-state index contributed by atoms with van der Waals surface area (Å²) < 4.78 is 33.4. The van der Waals surface area contributed by atoms with E-state index in [4.69, 9.17) is 9.84 Å². The van der Waals surface area contributed by atoms with Crippen molar-refractivity contribution in [2.24, 2.45) is 0 Å². The van der Waals surface area contributed by atoms with Crippen molar-refractivity contribution < 1.29 is 23.1 Å². The van der Waals surface area contributed by atoms with Gasteiger partial charge in [0.05, 0.1) is 6.10 Å². The normalized spacial score (nSPS) is 18.0. The maximum absolute atomic E-state index is 12.2. The van der Waals surface area contributed by atoms with E-state index in [1.165, 1.54) is 4.31 Å². The van der Waals surface area contributed by atoms with Gasteiger partial charge in [0.25, 0.3) is 10.2 Å². The number of carboxylic acids is 1. The van der Waals surface area contributed by atoms with Crippen LogP contribution in [0, 0.1) is 0 Å². The molecule has 7 nitrogen and oxygen atoms in total. The summed E-state index contributed by atoms with van der Waals surface area (Å²) in [6, 6.07) is 1.62. The van der Waals surface area contributed by atoms with Gasteiger partial charge >= 0.3 is 5.97 Å². The van der Waals surface area contributed by atoms with Crippen molar-refractivity contribution in [3.05, 3.63) is 21.9 Å². The van der Waals surface area contributed by atoms with Gasteiger partial charge in [0.2, 0.25) is 0 Å². The molecule has 2 rings (SSSR count). The summed E-state index contributed by atoms with van der Waals surface area (Å²) in [5.74, 6) is -1.04. The Balaban J connectivity index is 1.95. The number of hydrogen-bond donors (Lipinski definition) is 2. The molecule has 9 heteroatoms. The minimum absolute atomic E-state index is 0.0162. The van der Waals surface area contributed by atoms with Crippen LogP contribution in [0.3, 0.4) is 0 Å². The van der Waals surface area contributed by atoms with Crippen LogP contribution in [0.15, 0.2) is 11.4 Å². The van der Waals surface area contributed by atoms with Crippen LogP contribution in [-0.2, 0) is 21.5 Å². The van der Waals surface area contributed by atoms with Gasteiger partial charge in [-0.3, -0.25) is 0 Å². The maximum Gasteiger partial charge on any atom is 0.346 e. The minimum Gasteiger partial charge on any atom is -0.477 e. The number of hydrogen-bond acceptors (Lipinski definition) is 5. The van der Waals surface area contributed by atoms with Crippen molar-refractivity contribution in [2.45, 2.75) is 25.5 Å². The molecular weight excluding hydrogens is 316 g/mol. The SMILES string of the molecule is COC1CCN(S(=O)(=O)NCc2ccsc2C(=O)O)CC1. The first-order valence-corrected chi connectivity index (χ1v) is 8.83. The highest BCUT2D eigenvalue weighted by Gasteiger charge is 2.28. The lowest BCUT2D eigenvalue weighted by Gasteiger charge is -2.30. The second kappa shape index (κ2) is 6.84. The van der Waals surface area contributed by atoms with Gasteiger partial charge in [-0.05, 0) is 29.9 Å². The molecule has 1 aliphatic rings. The van der Waals surface area contributed by atoms with Gasteiger partial charge < -0.3 is 9.84 Å². The van der Waals surface area contributed by atoms with Gasteiger partial charge in [-0.1, -0.05) is 0 Å². The number of thiophene rings is 1. The number of aromatic carboxylic acids is 1. The second-order valence-electron chi connectivity index (χ2n) is 4.74. The molecule has 0 aromatic carbocycles. The predicted octanol–water partition coefficient (Wildman–Crippen LogP) is 0.892. The lowest BCUT2D eigenvalue weighted by molar-refractivity contribution is 0.0601. The van der Waals surface area contributed by atoms with Gasteiger partial charge in [-0.15, -0.1) is 11.3 Å². The largest absolute Gasteiger partial charge is 0.477 e. The van der Waals surface area contributed by atoms with Crippen LogP contribution >= 0.6 is 11.3 Å². The Kier molecular flexibility index (Phi) is 5.33. The lowest BCUT2D eigenvalue weighted by atomic mass is 10.1. The van der Waals surface area contributed by atoms with Crippen molar-refractivity contribution in [2.75, 3.05) is 20.2 Å². The number of carboxylic acid groups (broad SMARTS) is 1. The smallest absolute Gasteiger partial charge is 0.346 e. The molecule has 1 aromatic rings. The van der Waals surface area contributed by atoms with Crippen molar-refractivity contribution in [1.29, 1.82) is 0 Å². The van der Waals surface area contributed by atoms with E-state index in [0.717, 1.165) is 11.3 Å². The Labute approximate surface area is 127 Å². The van der Waals surface area contributed by atoms with Crippen LogP contribution in [0.1, 0.15) is 28.1 Å². The van der Waals surface area contributed by atoms with E-state index in [9.17, 15) is 13.2 Å². The molecular formula is C12H18N2O5S2. The zero-order valence-electron chi connectivity index (χ0n) is 11.6. The van der Waals surface area contributed by atoms with Crippen LogP contribution in [0.5, 0.6) is 0 Å². The lowest BCUT2D eigenvalue weighted by Crippen LogP contribution is -2.46. The zero-order chi connectivity index (χ0) is 15.5. The molecule has 1 saturated heterocycles. The van der Waals surface area contributed by atoms with Crippen LogP contribution < -0.4 is 4.72 Å². The summed E-state index contributed by atoms with van der Waals surface area (Å²) >= 11 is 1.08. The maximum atomic E-state index is 12.2. The first-order valence-electron chi connectivity index (χ1n) is 6.51. The third-order valence-corrected chi connectivity index (χ3v) is 5.96. The van der Waals surface area contributed by atoms with E-state index in [2.05, 4.69) is 4.72 Å². The van der Waals surface area contributed by atoms with Crippen LogP contribution in [0.2, 0.25) is 0 Å². The molecule has 0 unspecified atom stereocenters. The third kappa shape index (κ3) is 4.01. The molecule has 2 heterocycles. The van der Waals surface area contributed by atoms with E-state index in [-0.39, 0.29) is 17.5 Å². The van der Waals surface area contributed by atoms with Crippen molar-refractivity contribution >= 4 is 27.5 Å². The number of piperidine rings is 1. The number of rotatable bonds is 6. The molecule has 0 bridgehead atoms. The summed E-state index contributed by atoms with van der Waals surface area (Å²) in [5, 5.41) is 10.6. The molecule has 0 aliphatic carbocycles. The highest BCUT2D eigenvalue weighted by Crippen LogP contribution is 2.18. The Bertz CT molecular complexity index is 591. The second-order valence-corrected chi connectivity index (χ2v) is 7.41. The molecule has 1 aliphatic heterocycles. The molecule has 118 valence electrons. The summed E-state index contributed by atoms with van der Waals surface area (Å²) in [6.45, 7) is 0.796. The Morgan fingerprint density at radius 1 is 1.52 bits per heavy atom. The highest BCUT2D eigenvalue weighted by atomic mass is 32.2. The van der Waals surface area contributed by atoms with E-state index in [1.54, 1.807) is 18.6 Å². The predicted molar refractivity (Wildman–Crippen MR) is 78.6 cm³/mol. The van der Waals surface area contributed by atoms with Crippen LogP contribution in [0.25, 0.3) is 0 Å². The molecule has 1 fully saturated rings. The van der Waals surface area contributed by atoms with Crippen molar-refractivity contribution in [3.8, 4) is 0 Å². The fourth-order valence-corrected chi connectivity index (χ4v) is 4.20. The number of ether oxygens (including phenoxy) is 1. The van der Waals surface area contributed by atoms with E-state index >= 15 is 0 Å². The molecule has 0 radical (unpaired) electrons. The van der Waals surface area contributed by atoms with Gasteiger partial charge in [-0.2, -0.15) is 17.4 Å². The molecule has 0 spiro atoms. The zero-order valence-corrected chi connectivity index (χ0v) is 13.2. The number of nitrogens with one attached hydrogen (secondary N) is 1. The molecule has 1 aromatic heterocycles. The molecule has 2 N–H and O–H groups in total. The van der Waals surface area contributed by atoms with E-state index in [0.29, 0.717) is 31.5 Å². The minimum atomic E-state index is -3.59. The first-order chi connectivity index (χ1) is 9.94. The number of nitrogens with zero attached hydrogens (tertiary/aromatic N) is 1. The molecule has 0 saturated carbocycles. The van der Waals surface area contributed by atoms with Gasteiger partial charge in [0, 0.05) is 26.7 Å². The summed E-state index contributed by atoms with van der Waals surface area (Å²) in [4.78, 5) is 11.1. The Morgan fingerprint density at radius 2 is 2.19 bits per heavy atom. The monoisotopic (exact) mass is 334 g/mol. The average molecular weight is 334 g/mol. The topological polar surface area (TPSA) is 95.9 Å². The number of carbonyl (C=O) groups is 1. The number of methoxy groups -OCH3 is 1. The first kappa shape index (κ1) is 16.4. The quantitative estimate of drug-likeness (QED) is 0.805. The van der Waals surface area contributed by atoms with E-state index < -0.39 is 16.2 Å². The summed E-state index contributed by atoms with van der Waals surface area (Å²) in [6.07, 6.45) is 1.43. The van der Waals surface area contributed by atoms with Crippen molar-refractivity contribution in [1.82, 2.24) is 9.03 Å². The fraction of sp³-hybridized carbons (Fsp3) is 0.583. The fourth-order valence-electron chi connectivity index (χ4n) is 2.23. The average Bonchev–Trinajstić information content (AvgIpc) is 2.94.